The van der Waals surface area contributed by atoms with Crippen LogP contribution in [0.25, 0.3) is 0 Å². The van der Waals surface area contributed by atoms with Gasteiger partial charge in [0, 0.05) is 19.0 Å². The van der Waals surface area contributed by atoms with E-state index in [-0.39, 0.29) is 11.6 Å². The molecule has 0 aromatic rings. The van der Waals surface area contributed by atoms with Crippen LogP contribution in [0.2, 0.25) is 0 Å². The zero-order chi connectivity index (χ0) is 11.3. The summed E-state index contributed by atoms with van der Waals surface area (Å²) >= 11 is 0. The second-order valence-corrected chi connectivity index (χ2v) is 4.85. The number of nitrogens with one attached hydrogen (secondary N) is 1. The van der Waals surface area contributed by atoms with Gasteiger partial charge in [-0.05, 0) is 27.2 Å². The zero-order valence-electron chi connectivity index (χ0n) is 9.84. The lowest BCUT2D eigenvalue weighted by Crippen LogP contribution is -2.41. The predicted octanol–water partition coefficient (Wildman–Crippen LogP) is 1.10. The first kappa shape index (κ1) is 12.5. The lowest BCUT2D eigenvalue weighted by molar-refractivity contribution is -0.155. The van der Waals surface area contributed by atoms with Gasteiger partial charge in [0.1, 0.15) is 5.60 Å². The second-order valence-electron chi connectivity index (χ2n) is 4.85. The molecule has 88 valence electrons. The average Bonchev–Trinajstić information content (AvgIpc) is 2.14. The van der Waals surface area contributed by atoms with Crippen molar-refractivity contribution >= 4 is 5.97 Å². The molecule has 1 N–H and O–H groups in total. The first-order chi connectivity index (χ1) is 6.97. The Labute approximate surface area is 91.3 Å². The van der Waals surface area contributed by atoms with E-state index in [0.717, 1.165) is 19.6 Å². The standard InChI is InChI=1S/C11H21NO3/c1-11(2,3)15-10(13)5-4-9-8-14-7-6-12-9/h9,12H,4-8H2,1-3H3/t9-/m1/s1. The lowest BCUT2D eigenvalue weighted by Gasteiger charge is -2.24. The summed E-state index contributed by atoms with van der Waals surface area (Å²) in [5, 5.41) is 3.30. The third-order valence-electron chi connectivity index (χ3n) is 2.12. The average molecular weight is 215 g/mol. The Morgan fingerprint density at radius 3 is 2.80 bits per heavy atom. The maximum absolute atomic E-state index is 11.4. The fourth-order valence-electron chi connectivity index (χ4n) is 1.49. The van der Waals surface area contributed by atoms with Crippen LogP contribution in [-0.2, 0) is 14.3 Å². The number of hydrogen-bond acceptors (Lipinski definition) is 4. The van der Waals surface area contributed by atoms with Crippen molar-refractivity contribution in [3.8, 4) is 0 Å². The van der Waals surface area contributed by atoms with Crippen LogP contribution in [0.4, 0.5) is 0 Å². The second kappa shape index (κ2) is 5.47. The van der Waals surface area contributed by atoms with Crippen molar-refractivity contribution in [1.29, 1.82) is 0 Å². The molecule has 1 heterocycles. The van der Waals surface area contributed by atoms with Gasteiger partial charge >= 0.3 is 5.97 Å². The molecule has 0 saturated carbocycles. The topological polar surface area (TPSA) is 47.6 Å². The monoisotopic (exact) mass is 215 g/mol. The van der Waals surface area contributed by atoms with Crippen LogP contribution >= 0.6 is 0 Å². The number of hydrogen-bond donors (Lipinski definition) is 1. The van der Waals surface area contributed by atoms with Gasteiger partial charge in [-0.1, -0.05) is 0 Å². The maximum Gasteiger partial charge on any atom is 0.306 e. The molecule has 1 aliphatic heterocycles. The normalized spacial score (nSPS) is 22.5. The summed E-state index contributed by atoms with van der Waals surface area (Å²) in [6.07, 6.45) is 1.24. The molecule has 15 heavy (non-hydrogen) atoms. The summed E-state index contributed by atoms with van der Waals surface area (Å²) in [5.74, 6) is -0.130. The molecule has 4 nitrogen and oxygen atoms in total. The van der Waals surface area contributed by atoms with Crippen molar-refractivity contribution < 1.29 is 14.3 Å². The Hall–Kier alpha value is -0.610. The number of morpholine rings is 1. The number of carbonyl (C=O) groups is 1. The third kappa shape index (κ3) is 5.74. The van der Waals surface area contributed by atoms with Crippen LogP contribution < -0.4 is 5.32 Å². The van der Waals surface area contributed by atoms with Crippen LogP contribution in [0.5, 0.6) is 0 Å². The van der Waals surface area contributed by atoms with Gasteiger partial charge in [0.05, 0.1) is 13.2 Å². The fourth-order valence-corrected chi connectivity index (χ4v) is 1.49. The summed E-state index contributed by atoms with van der Waals surface area (Å²) in [5.41, 5.74) is -0.381. The number of ether oxygens (including phenoxy) is 2. The highest BCUT2D eigenvalue weighted by Gasteiger charge is 2.19. The third-order valence-corrected chi connectivity index (χ3v) is 2.12. The molecule has 0 radical (unpaired) electrons. The molecule has 4 heteroatoms. The first-order valence-electron chi connectivity index (χ1n) is 5.50. The highest BCUT2D eigenvalue weighted by atomic mass is 16.6. The van der Waals surface area contributed by atoms with E-state index in [1.54, 1.807) is 0 Å². The van der Waals surface area contributed by atoms with Crippen molar-refractivity contribution in [3.63, 3.8) is 0 Å². The Morgan fingerprint density at radius 1 is 1.53 bits per heavy atom. The minimum absolute atomic E-state index is 0.130. The Bertz CT molecular complexity index is 204. The van der Waals surface area contributed by atoms with Crippen LogP contribution in [0.3, 0.4) is 0 Å². The van der Waals surface area contributed by atoms with E-state index in [4.69, 9.17) is 9.47 Å². The molecule has 0 aromatic heterocycles. The number of rotatable bonds is 3. The van der Waals surface area contributed by atoms with E-state index in [2.05, 4.69) is 5.32 Å². The quantitative estimate of drug-likeness (QED) is 0.716. The van der Waals surface area contributed by atoms with Crippen LogP contribution in [-0.4, -0.2) is 37.4 Å². The molecule has 0 bridgehead atoms. The zero-order valence-corrected chi connectivity index (χ0v) is 9.84. The van der Waals surface area contributed by atoms with E-state index in [1.807, 2.05) is 20.8 Å². The molecule has 0 aliphatic carbocycles. The van der Waals surface area contributed by atoms with Crippen molar-refractivity contribution in [1.82, 2.24) is 5.32 Å². The Balaban J connectivity index is 2.15. The molecule has 1 rings (SSSR count). The van der Waals surface area contributed by atoms with Crippen molar-refractivity contribution in [2.75, 3.05) is 19.8 Å². The van der Waals surface area contributed by atoms with E-state index in [1.165, 1.54) is 0 Å². The molecule has 1 aliphatic rings. The van der Waals surface area contributed by atoms with Gasteiger partial charge in [-0.3, -0.25) is 4.79 Å². The highest BCUT2D eigenvalue weighted by molar-refractivity contribution is 5.69. The molecule has 0 aromatic carbocycles. The molecule has 1 atom stereocenters. The van der Waals surface area contributed by atoms with Gasteiger partial charge in [-0.25, -0.2) is 0 Å². The van der Waals surface area contributed by atoms with Gasteiger partial charge in [0.2, 0.25) is 0 Å². The minimum Gasteiger partial charge on any atom is -0.460 e. The smallest absolute Gasteiger partial charge is 0.306 e. The van der Waals surface area contributed by atoms with Gasteiger partial charge in [-0.2, -0.15) is 0 Å². The van der Waals surface area contributed by atoms with Gasteiger partial charge in [0.15, 0.2) is 0 Å². The Morgan fingerprint density at radius 2 is 2.27 bits per heavy atom. The molecular weight excluding hydrogens is 194 g/mol. The fraction of sp³-hybridized carbons (Fsp3) is 0.909. The molecule has 0 unspecified atom stereocenters. The van der Waals surface area contributed by atoms with Crippen molar-refractivity contribution in [2.24, 2.45) is 0 Å². The molecule has 0 amide bonds. The lowest BCUT2D eigenvalue weighted by atomic mass is 10.1. The van der Waals surface area contributed by atoms with E-state index >= 15 is 0 Å². The molecule has 0 spiro atoms. The van der Waals surface area contributed by atoms with Crippen molar-refractivity contribution in [3.05, 3.63) is 0 Å². The number of esters is 1. The van der Waals surface area contributed by atoms with Gasteiger partial charge < -0.3 is 14.8 Å². The molecule has 1 fully saturated rings. The van der Waals surface area contributed by atoms with E-state index < -0.39 is 0 Å². The van der Waals surface area contributed by atoms with Crippen LogP contribution in [0, 0.1) is 0 Å². The Kier molecular flexibility index (Phi) is 4.54. The molecule has 1 saturated heterocycles. The highest BCUT2D eigenvalue weighted by Crippen LogP contribution is 2.10. The van der Waals surface area contributed by atoms with Gasteiger partial charge in [0.25, 0.3) is 0 Å². The predicted molar refractivity (Wildman–Crippen MR) is 57.7 cm³/mol. The summed E-state index contributed by atoms with van der Waals surface area (Å²) in [7, 11) is 0. The summed E-state index contributed by atoms with van der Waals surface area (Å²) < 4.78 is 10.5. The van der Waals surface area contributed by atoms with E-state index in [0.29, 0.717) is 19.1 Å². The summed E-state index contributed by atoms with van der Waals surface area (Å²) in [6.45, 7) is 7.98. The van der Waals surface area contributed by atoms with E-state index in [9.17, 15) is 4.79 Å². The summed E-state index contributed by atoms with van der Waals surface area (Å²) in [6, 6.07) is 0.297. The SMILES string of the molecule is CC(C)(C)OC(=O)CC[C@@H]1COCCN1. The van der Waals surface area contributed by atoms with Gasteiger partial charge in [-0.15, -0.1) is 0 Å². The number of carbonyl (C=O) groups excluding carboxylic acids is 1. The maximum atomic E-state index is 11.4. The van der Waals surface area contributed by atoms with Crippen LogP contribution in [0.15, 0.2) is 0 Å². The summed E-state index contributed by atoms with van der Waals surface area (Å²) in [4.78, 5) is 11.4. The molecular formula is C11H21NO3. The first-order valence-corrected chi connectivity index (χ1v) is 5.50. The minimum atomic E-state index is -0.381. The van der Waals surface area contributed by atoms with Crippen molar-refractivity contribution in [2.45, 2.75) is 45.3 Å². The largest absolute Gasteiger partial charge is 0.460 e. The van der Waals surface area contributed by atoms with Crippen LogP contribution in [0.1, 0.15) is 33.6 Å².